The summed E-state index contributed by atoms with van der Waals surface area (Å²) in [5.74, 6) is -0.322. The van der Waals surface area contributed by atoms with E-state index >= 15 is 0 Å². The quantitative estimate of drug-likeness (QED) is 0.774. The molecular formula is C15H12ClF3O. The van der Waals surface area contributed by atoms with Crippen molar-refractivity contribution in [3.8, 4) is 5.75 Å². The van der Waals surface area contributed by atoms with E-state index in [-0.39, 0.29) is 18.0 Å². The first kappa shape index (κ1) is 14.7. The highest BCUT2D eigenvalue weighted by atomic mass is 35.5. The van der Waals surface area contributed by atoms with Crippen LogP contribution in [0.3, 0.4) is 0 Å². The zero-order valence-electron chi connectivity index (χ0n) is 10.7. The summed E-state index contributed by atoms with van der Waals surface area (Å²) in [7, 11) is 0. The number of ether oxygens (including phenoxy) is 1. The summed E-state index contributed by atoms with van der Waals surface area (Å²) >= 11 is 5.87. The fraction of sp³-hybridized carbons (Fsp3) is 0.200. The maximum atomic E-state index is 13.3. The smallest absolute Gasteiger partial charge is 0.387 e. The van der Waals surface area contributed by atoms with Gasteiger partial charge in [0.05, 0.1) is 0 Å². The highest BCUT2D eigenvalue weighted by molar-refractivity contribution is 6.30. The van der Waals surface area contributed by atoms with E-state index in [1.165, 1.54) is 24.3 Å². The van der Waals surface area contributed by atoms with E-state index in [1.54, 1.807) is 12.1 Å². The van der Waals surface area contributed by atoms with Gasteiger partial charge in [0.15, 0.2) is 0 Å². The molecule has 0 bridgehead atoms. The zero-order valence-corrected chi connectivity index (χ0v) is 11.4. The summed E-state index contributed by atoms with van der Waals surface area (Å²) in [4.78, 5) is 0. The van der Waals surface area contributed by atoms with Gasteiger partial charge in [-0.1, -0.05) is 17.7 Å². The summed E-state index contributed by atoms with van der Waals surface area (Å²) in [5, 5.41) is 0.413. The van der Waals surface area contributed by atoms with Crippen molar-refractivity contribution < 1.29 is 17.9 Å². The third kappa shape index (κ3) is 3.67. The minimum Gasteiger partial charge on any atom is -0.435 e. The van der Waals surface area contributed by atoms with Gasteiger partial charge in [0, 0.05) is 17.0 Å². The van der Waals surface area contributed by atoms with Crippen molar-refractivity contribution in [2.75, 3.05) is 0 Å². The van der Waals surface area contributed by atoms with Gasteiger partial charge in [-0.25, -0.2) is 4.39 Å². The Bertz CT molecular complexity index is 614. The SMILES string of the molecule is Cc1ccc(F)cc1Cc1cc(Cl)ccc1OC(F)F. The van der Waals surface area contributed by atoms with E-state index < -0.39 is 6.61 Å². The number of alkyl halides is 2. The normalized spacial score (nSPS) is 10.9. The van der Waals surface area contributed by atoms with Crippen LogP contribution < -0.4 is 4.74 Å². The van der Waals surface area contributed by atoms with E-state index in [1.807, 2.05) is 6.92 Å². The third-order valence-corrected chi connectivity index (χ3v) is 3.17. The Morgan fingerprint density at radius 1 is 1.10 bits per heavy atom. The van der Waals surface area contributed by atoms with Crippen molar-refractivity contribution in [1.82, 2.24) is 0 Å². The van der Waals surface area contributed by atoms with Gasteiger partial charge >= 0.3 is 6.61 Å². The average molecular weight is 301 g/mol. The predicted molar refractivity (Wildman–Crippen MR) is 72.0 cm³/mol. The van der Waals surface area contributed by atoms with E-state index in [2.05, 4.69) is 4.74 Å². The van der Waals surface area contributed by atoms with Crippen molar-refractivity contribution in [2.24, 2.45) is 0 Å². The molecule has 20 heavy (non-hydrogen) atoms. The van der Waals surface area contributed by atoms with Crippen molar-refractivity contribution >= 4 is 11.6 Å². The highest BCUT2D eigenvalue weighted by Gasteiger charge is 2.12. The number of hydrogen-bond donors (Lipinski definition) is 0. The van der Waals surface area contributed by atoms with Crippen LogP contribution in [0.5, 0.6) is 5.75 Å². The lowest BCUT2D eigenvalue weighted by Crippen LogP contribution is -2.05. The van der Waals surface area contributed by atoms with Crippen LogP contribution in [0.2, 0.25) is 5.02 Å². The van der Waals surface area contributed by atoms with Crippen LogP contribution in [0.4, 0.5) is 13.2 Å². The lowest BCUT2D eigenvalue weighted by atomic mass is 10.00. The van der Waals surface area contributed by atoms with Gasteiger partial charge in [0.2, 0.25) is 0 Å². The molecule has 0 aromatic heterocycles. The molecule has 0 radical (unpaired) electrons. The summed E-state index contributed by atoms with van der Waals surface area (Å²) in [6.45, 7) is -1.09. The van der Waals surface area contributed by atoms with E-state index in [0.717, 1.165) is 5.56 Å². The zero-order chi connectivity index (χ0) is 14.7. The molecule has 0 unspecified atom stereocenters. The molecule has 0 heterocycles. The van der Waals surface area contributed by atoms with Gasteiger partial charge in [0.1, 0.15) is 11.6 Å². The van der Waals surface area contributed by atoms with Gasteiger partial charge in [-0.15, -0.1) is 0 Å². The molecule has 0 aliphatic rings. The van der Waals surface area contributed by atoms with Crippen molar-refractivity contribution in [2.45, 2.75) is 20.0 Å². The topological polar surface area (TPSA) is 9.23 Å². The predicted octanol–water partition coefficient (Wildman–Crippen LogP) is 4.98. The molecule has 2 aromatic carbocycles. The Labute approximate surface area is 119 Å². The highest BCUT2D eigenvalue weighted by Crippen LogP contribution is 2.28. The largest absolute Gasteiger partial charge is 0.435 e. The summed E-state index contributed by atoms with van der Waals surface area (Å²) in [5.41, 5.74) is 2.06. The Balaban J connectivity index is 2.36. The van der Waals surface area contributed by atoms with Crippen LogP contribution in [0.1, 0.15) is 16.7 Å². The molecule has 1 nitrogen and oxygen atoms in total. The van der Waals surface area contributed by atoms with Crippen molar-refractivity contribution in [3.63, 3.8) is 0 Å². The van der Waals surface area contributed by atoms with Gasteiger partial charge < -0.3 is 4.74 Å². The van der Waals surface area contributed by atoms with Gasteiger partial charge in [-0.05, 0) is 48.4 Å². The van der Waals surface area contributed by atoms with Crippen LogP contribution in [0, 0.1) is 12.7 Å². The van der Waals surface area contributed by atoms with Crippen LogP contribution in [0.15, 0.2) is 36.4 Å². The molecule has 0 atom stereocenters. The van der Waals surface area contributed by atoms with Crippen LogP contribution in [-0.4, -0.2) is 6.61 Å². The average Bonchev–Trinajstić information content (AvgIpc) is 2.37. The van der Waals surface area contributed by atoms with Gasteiger partial charge in [0.25, 0.3) is 0 Å². The summed E-state index contributed by atoms with van der Waals surface area (Å²) < 4.78 is 42.5. The second-order valence-corrected chi connectivity index (χ2v) is 4.81. The second-order valence-electron chi connectivity index (χ2n) is 4.38. The summed E-state index contributed by atoms with van der Waals surface area (Å²) in [6, 6.07) is 8.78. The van der Waals surface area contributed by atoms with E-state index in [0.29, 0.717) is 16.1 Å². The Morgan fingerprint density at radius 2 is 1.85 bits per heavy atom. The molecule has 0 aliphatic carbocycles. The van der Waals surface area contributed by atoms with Gasteiger partial charge in [-0.3, -0.25) is 0 Å². The molecule has 106 valence electrons. The maximum absolute atomic E-state index is 13.3. The Hall–Kier alpha value is -1.68. The molecule has 0 N–H and O–H groups in total. The lowest BCUT2D eigenvalue weighted by Gasteiger charge is -2.12. The third-order valence-electron chi connectivity index (χ3n) is 2.93. The number of halogens is 4. The maximum Gasteiger partial charge on any atom is 0.387 e. The number of aryl methyl sites for hydroxylation is 1. The fourth-order valence-electron chi connectivity index (χ4n) is 1.93. The number of rotatable bonds is 4. The molecule has 2 rings (SSSR count). The van der Waals surface area contributed by atoms with Crippen molar-refractivity contribution in [1.29, 1.82) is 0 Å². The first-order chi connectivity index (χ1) is 9.45. The first-order valence-corrected chi connectivity index (χ1v) is 6.32. The second kappa shape index (κ2) is 6.18. The molecule has 0 saturated carbocycles. The molecule has 0 fully saturated rings. The van der Waals surface area contributed by atoms with Crippen LogP contribution in [-0.2, 0) is 6.42 Å². The van der Waals surface area contributed by atoms with E-state index in [4.69, 9.17) is 11.6 Å². The first-order valence-electron chi connectivity index (χ1n) is 5.94. The minimum absolute atomic E-state index is 0.0491. The number of benzene rings is 2. The molecule has 0 saturated heterocycles. The van der Waals surface area contributed by atoms with Gasteiger partial charge in [-0.2, -0.15) is 8.78 Å². The van der Waals surface area contributed by atoms with Crippen LogP contribution in [0.25, 0.3) is 0 Å². The Kier molecular flexibility index (Phi) is 4.55. The van der Waals surface area contributed by atoms with Crippen molar-refractivity contribution in [3.05, 3.63) is 63.9 Å². The standard InChI is InChI=1S/C15H12ClF3O/c1-9-2-4-13(17)8-10(9)6-11-7-12(16)3-5-14(11)20-15(18)19/h2-5,7-8,15H,6H2,1H3. The van der Waals surface area contributed by atoms with Crippen LogP contribution >= 0.6 is 11.6 Å². The molecule has 5 heteroatoms. The minimum atomic E-state index is -2.91. The number of hydrogen-bond acceptors (Lipinski definition) is 1. The molecule has 0 spiro atoms. The monoisotopic (exact) mass is 300 g/mol. The molecule has 0 aliphatic heterocycles. The molecule has 0 amide bonds. The summed E-state index contributed by atoms with van der Waals surface area (Å²) in [6.07, 6.45) is 0.270. The fourth-order valence-corrected chi connectivity index (χ4v) is 2.13. The molecule has 2 aromatic rings. The van der Waals surface area contributed by atoms with E-state index in [9.17, 15) is 13.2 Å². The lowest BCUT2D eigenvalue weighted by molar-refractivity contribution is -0.0503. The molecular weight excluding hydrogens is 289 g/mol. The Morgan fingerprint density at radius 3 is 2.55 bits per heavy atom.